The van der Waals surface area contributed by atoms with Gasteiger partial charge in [0, 0.05) is 0 Å². The van der Waals surface area contributed by atoms with Gasteiger partial charge in [-0.25, -0.2) is 13.2 Å². The number of sulfonamides is 1. The molecule has 18 heavy (non-hydrogen) atoms. The average Bonchev–Trinajstić information content (AvgIpc) is 2.08. The Balaban J connectivity index is 5.37. The Hall–Kier alpha value is -1.29. The van der Waals surface area contributed by atoms with Crippen LogP contribution in [0.15, 0.2) is 0 Å². The van der Waals surface area contributed by atoms with Gasteiger partial charge in [-0.2, -0.15) is 9.57 Å². The Morgan fingerprint density at radius 1 is 1.22 bits per heavy atom. The number of ether oxygens (including phenoxy) is 1. The lowest BCUT2D eigenvalue weighted by molar-refractivity contribution is 0.0402. The minimum absolute atomic E-state index is 0.470. The van der Waals surface area contributed by atoms with Crippen LogP contribution in [0.4, 0.5) is 4.79 Å². The predicted octanol–water partition coefficient (Wildman–Crippen LogP) is 1.88. The van der Waals surface area contributed by atoms with Gasteiger partial charge in [0.15, 0.2) is 0 Å². The van der Waals surface area contributed by atoms with E-state index in [2.05, 4.69) is 0 Å². The van der Waals surface area contributed by atoms with Gasteiger partial charge in [-0.05, 0) is 41.5 Å². The molecule has 0 aromatic carbocycles. The third-order valence-electron chi connectivity index (χ3n) is 1.88. The first-order valence-electron chi connectivity index (χ1n) is 5.45. The van der Waals surface area contributed by atoms with Crippen LogP contribution in [0, 0.1) is 11.3 Å². The van der Waals surface area contributed by atoms with E-state index < -0.39 is 33.0 Å². The smallest absolute Gasteiger partial charge is 0.425 e. The standard InChI is InChI=1S/C11H20N2O4S/c1-10(2,3)17-9(14)13(8-7-12)18(15,16)11(4,5)6/h8H2,1-6H3. The number of hydrogen-bond donors (Lipinski definition) is 0. The van der Waals surface area contributed by atoms with Gasteiger partial charge in [0.05, 0.1) is 10.8 Å². The highest BCUT2D eigenvalue weighted by Crippen LogP contribution is 2.22. The highest BCUT2D eigenvalue weighted by atomic mass is 32.2. The van der Waals surface area contributed by atoms with Gasteiger partial charge in [0.2, 0.25) is 10.0 Å². The van der Waals surface area contributed by atoms with Crippen molar-refractivity contribution >= 4 is 16.1 Å². The van der Waals surface area contributed by atoms with E-state index in [1.54, 1.807) is 26.8 Å². The molecule has 0 saturated carbocycles. The molecule has 0 spiro atoms. The first-order chi connectivity index (χ1) is 7.83. The van der Waals surface area contributed by atoms with Crippen LogP contribution in [0.1, 0.15) is 41.5 Å². The van der Waals surface area contributed by atoms with Gasteiger partial charge >= 0.3 is 6.09 Å². The summed E-state index contributed by atoms with van der Waals surface area (Å²) in [5, 5.41) is 8.65. The SMILES string of the molecule is CC(C)(C)OC(=O)N(CC#N)S(=O)(=O)C(C)(C)C. The lowest BCUT2D eigenvalue weighted by Gasteiger charge is -2.30. The van der Waals surface area contributed by atoms with Crippen LogP contribution >= 0.6 is 0 Å². The molecular formula is C11H20N2O4S. The highest BCUT2D eigenvalue weighted by Gasteiger charge is 2.40. The molecule has 0 unspecified atom stereocenters. The van der Waals surface area contributed by atoms with Crippen LogP contribution in [0.25, 0.3) is 0 Å². The van der Waals surface area contributed by atoms with Crippen molar-refractivity contribution < 1.29 is 17.9 Å². The van der Waals surface area contributed by atoms with Gasteiger partial charge in [0.25, 0.3) is 0 Å². The Labute approximate surface area is 109 Å². The van der Waals surface area contributed by atoms with E-state index in [1.165, 1.54) is 20.8 Å². The van der Waals surface area contributed by atoms with Crippen molar-refractivity contribution in [3.63, 3.8) is 0 Å². The molecule has 0 rings (SSSR count). The summed E-state index contributed by atoms with van der Waals surface area (Å²) >= 11 is 0. The van der Waals surface area contributed by atoms with Gasteiger partial charge < -0.3 is 4.74 Å². The molecule has 0 aromatic rings. The van der Waals surface area contributed by atoms with Crippen molar-refractivity contribution in [2.24, 2.45) is 0 Å². The number of rotatable bonds is 2. The molecule has 0 heterocycles. The summed E-state index contributed by atoms with van der Waals surface area (Å²) < 4.78 is 28.6. The second kappa shape index (κ2) is 5.14. The summed E-state index contributed by atoms with van der Waals surface area (Å²) in [7, 11) is -3.94. The van der Waals surface area contributed by atoms with Crippen molar-refractivity contribution in [3.05, 3.63) is 0 Å². The minimum Gasteiger partial charge on any atom is -0.443 e. The maximum Gasteiger partial charge on any atom is 0.425 e. The molecule has 1 amide bonds. The van der Waals surface area contributed by atoms with E-state index in [4.69, 9.17) is 10.00 Å². The molecule has 0 aliphatic carbocycles. The Morgan fingerprint density at radius 3 is 1.94 bits per heavy atom. The molecule has 0 bridgehead atoms. The van der Waals surface area contributed by atoms with Crippen LogP contribution in [0.3, 0.4) is 0 Å². The second-order valence-corrected chi connectivity index (χ2v) is 8.38. The third kappa shape index (κ3) is 4.18. The largest absolute Gasteiger partial charge is 0.443 e. The van der Waals surface area contributed by atoms with E-state index >= 15 is 0 Å². The number of amides is 1. The normalized spacial score (nSPS) is 12.7. The van der Waals surface area contributed by atoms with Gasteiger partial charge in [0.1, 0.15) is 12.1 Å². The predicted molar refractivity (Wildman–Crippen MR) is 67.2 cm³/mol. The topological polar surface area (TPSA) is 87.5 Å². The maximum atomic E-state index is 12.1. The number of nitrogens with zero attached hydrogens (tertiary/aromatic N) is 2. The summed E-state index contributed by atoms with van der Waals surface area (Å²) in [6.07, 6.45) is -1.03. The van der Waals surface area contributed by atoms with Crippen LogP contribution in [-0.4, -0.2) is 35.7 Å². The first-order valence-corrected chi connectivity index (χ1v) is 6.89. The van der Waals surface area contributed by atoms with Crippen LogP contribution in [0.2, 0.25) is 0 Å². The molecule has 0 atom stereocenters. The van der Waals surface area contributed by atoms with E-state index in [9.17, 15) is 13.2 Å². The Kier molecular flexibility index (Phi) is 4.77. The molecule has 7 heteroatoms. The van der Waals surface area contributed by atoms with E-state index in [0.717, 1.165) is 0 Å². The Morgan fingerprint density at radius 2 is 1.67 bits per heavy atom. The van der Waals surface area contributed by atoms with Crippen molar-refractivity contribution in [2.45, 2.75) is 51.9 Å². The second-order valence-electron chi connectivity index (χ2n) is 5.76. The summed E-state index contributed by atoms with van der Waals surface area (Å²) in [5.74, 6) is 0. The highest BCUT2D eigenvalue weighted by molar-refractivity contribution is 7.91. The zero-order valence-electron chi connectivity index (χ0n) is 11.6. The summed E-state index contributed by atoms with van der Waals surface area (Å²) in [4.78, 5) is 11.8. The molecule has 6 nitrogen and oxygen atoms in total. The molecule has 0 fully saturated rings. The summed E-state index contributed by atoms with van der Waals surface area (Å²) in [5.41, 5.74) is -0.821. The van der Waals surface area contributed by atoms with Gasteiger partial charge in [-0.1, -0.05) is 0 Å². The van der Waals surface area contributed by atoms with Crippen molar-refractivity contribution in [2.75, 3.05) is 6.54 Å². The molecule has 0 aliphatic rings. The summed E-state index contributed by atoms with van der Waals surface area (Å²) in [6, 6.07) is 1.66. The summed E-state index contributed by atoms with van der Waals surface area (Å²) in [6.45, 7) is 8.68. The first kappa shape index (κ1) is 16.7. The van der Waals surface area contributed by atoms with E-state index in [1.807, 2.05) is 0 Å². The molecule has 104 valence electrons. The van der Waals surface area contributed by atoms with E-state index in [-0.39, 0.29) is 0 Å². The van der Waals surface area contributed by atoms with Crippen LogP contribution in [0.5, 0.6) is 0 Å². The number of hydrogen-bond acceptors (Lipinski definition) is 5. The quantitative estimate of drug-likeness (QED) is 0.718. The van der Waals surface area contributed by atoms with Crippen molar-refractivity contribution in [3.8, 4) is 6.07 Å². The lowest BCUT2D eigenvalue weighted by Crippen LogP contribution is -2.48. The number of carbonyl (C=O) groups excluding carboxylic acids is 1. The molecular weight excluding hydrogens is 256 g/mol. The maximum absolute atomic E-state index is 12.1. The zero-order valence-corrected chi connectivity index (χ0v) is 12.5. The van der Waals surface area contributed by atoms with E-state index in [0.29, 0.717) is 4.31 Å². The zero-order chi connectivity index (χ0) is 14.8. The number of nitriles is 1. The van der Waals surface area contributed by atoms with Gasteiger partial charge in [-0.15, -0.1) is 0 Å². The fourth-order valence-corrected chi connectivity index (χ4v) is 2.08. The monoisotopic (exact) mass is 276 g/mol. The number of carbonyl (C=O) groups is 1. The van der Waals surface area contributed by atoms with Crippen molar-refractivity contribution in [1.82, 2.24) is 4.31 Å². The molecule has 0 aliphatic heterocycles. The lowest BCUT2D eigenvalue weighted by atomic mass is 10.2. The fourth-order valence-electron chi connectivity index (χ4n) is 0.955. The average molecular weight is 276 g/mol. The minimum atomic E-state index is -3.94. The molecule has 0 N–H and O–H groups in total. The molecule has 0 saturated heterocycles. The van der Waals surface area contributed by atoms with Crippen LogP contribution < -0.4 is 0 Å². The fraction of sp³-hybridized carbons (Fsp3) is 0.818. The van der Waals surface area contributed by atoms with Gasteiger partial charge in [-0.3, -0.25) is 0 Å². The third-order valence-corrected chi connectivity index (χ3v) is 4.28. The molecule has 0 radical (unpaired) electrons. The van der Waals surface area contributed by atoms with Crippen LogP contribution in [-0.2, 0) is 14.8 Å². The van der Waals surface area contributed by atoms with Crippen molar-refractivity contribution in [1.29, 1.82) is 5.26 Å². The Bertz CT molecular complexity index is 449. The molecule has 0 aromatic heterocycles.